The third-order valence-electron chi connectivity index (χ3n) is 3.47. The van der Waals surface area contributed by atoms with Gasteiger partial charge in [0, 0.05) is 26.1 Å². The van der Waals surface area contributed by atoms with E-state index in [0.717, 1.165) is 15.3 Å². The number of hydrogen-bond donors (Lipinski definition) is 0. The van der Waals surface area contributed by atoms with Crippen LogP contribution in [0.1, 0.15) is 36.7 Å². The van der Waals surface area contributed by atoms with Crippen molar-refractivity contribution in [1.82, 2.24) is 0 Å². The van der Waals surface area contributed by atoms with Gasteiger partial charge in [-0.05, 0) is 19.1 Å². The molecule has 0 bridgehead atoms. The van der Waals surface area contributed by atoms with Gasteiger partial charge in [-0.1, -0.05) is 23.9 Å². The van der Waals surface area contributed by atoms with E-state index in [4.69, 9.17) is 0 Å². The summed E-state index contributed by atoms with van der Waals surface area (Å²) in [7, 11) is 0. The third-order valence-corrected chi connectivity index (χ3v) is 4.66. The normalized spacial score (nSPS) is 13.1. The zero-order chi connectivity index (χ0) is 14.4. The van der Waals surface area contributed by atoms with Crippen LogP contribution in [-0.4, -0.2) is 18.1 Å². The Morgan fingerprint density at radius 1 is 1.05 bits per heavy atom. The first-order valence-corrected chi connectivity index (χ1v) is 6.84. The molecule has 4 nitrogen and oxygen atoms in total. The van der Waals surface area contributed by atoms with Crippen molar-refractivity contribution in [3.05, 3.63) is 51.4 Å². The van der Waals surface area contributed by atoms with E-state index in [0.29, 0.717) is 21.7 Å². The molecule has 0 spiro atoms. The number of hydrogen-bond acceptors (Lipinski definition) is 4. The average molecular weight is 468 g/mol. The van der Waals surface area contributed by atoms with E-state index in [1.807, 2.05) is 13.2 Å². The first-order valence-electron chi connectivity index (χ1n) is 6.02. The van der Waals surface area contributed by atoms with Gasteiger partial charge in [0.2, 0.25) is 0 Å². The summed E-state index contributed by atoms with van der Waals surface area (Å²) in [6.45, 7) is 3.64. The van der Waals surface area contributed by atoms with Crippen LogP contribution in [0.25, 0.3) is 0 Å². The number of thiophene rings is 1. The molecule has 2 amide bonds. The second kappa shape index (κ2) is 5.66. The number of nitrogens with zero attached hydrogens (tertiary/aromatic N) is 1. The van der Waals surface area contributed by atoms with Crippen molar-refractivity contribution >= 4 is 34.4 Å². The maximum atomic E-state index is 12.4. The number of benzene rings is 1. The zero-order valence-corrected chi connectivity index (χ0v) is 15.0. The van der Waals surface area contributed by atoms with Crippen LogP contribution in [0.15, 0.2) is 24.3 Å². The molecule has 0 aliphatic carbocycles. The Hall–Kier alpha value is -1.58. The molecule has 0 unspecified atom stereocenters. The smallest absolute Gasteiger partial charge is 0.255 e. The molecule has 2 heterocycles. The minimum absolute atomic E-state index is 0. The molecule has 0 N–H and O–H groups in total. The quantitative estimate of drug-likeness (QED) is 0.504. The summed E-state index contributed by atoms with van der Waals surface area (Å²) >= 11 is 1.26. The van der Waals surface area contributed by atoms with Crippen LogP contribution < -0.4 is 4.90 Å². The van der Waals surface area contributed by atoms with Crippen molar-refractivity contribution in [1.29, 1.82) is 0 Å². The average Bonchev–Trinajstić information content (AvgIpc) is 2.87. The number of rotatable bonds is 2. The second-order valence-corrected chi connectivity index (χ2v) is 5.76. The van der Waals surface area contributed by atoms with Gasteiger partial charge >= 0.3 is 0 Å². The van der Waals surface area contributed by atoms with Gasteiger partial charge in [-0.3, -0.25) is 14.5 Å². The molecular weight excluding hydrogens is 458 g/mol. The van der Waals surface area contributed by atoms with E-state index >= 15 is 0 Å². The van der Waals surface area contributed by atoms with Crippen molar-refractivity contribution in [3.8, 4) is 0 Å². The number of amides is 2. The second-order valence-electron chi connectivity index (χ2n) is 4.56. The Morgan fingerprint density at radius 2 is 1.57 bits per heavy atom. The van der Waals surface area contributed by atoms with E-state index in [1.165, 1.54) is 11.3 Å². The fraction of sp³-hybridized carbons (Fsp3) is 0.133. The van der Waals surface area contributed by atoms with Crippen LogP contribution in [0.3, 0.4) is 0 Å². The van der Waals surface area contributed by atoms with Gasteiger partial charge in [0.15, 0.2) is 0 Å². The summed E-state index contributed by atoms with van der Waals surface area (Å²) in [6.07, 6.45) is 1.84. The van der Waals surface area contributed by atoms with E-state index in [2.05, 4.69) is 0 Å². The van der Waals surface area contributed by atoms with Gasteiger partial charge in [0.05, 0.1) is 17.4 Å². The molecule has 0 atom stereocenters. The van der Waals surface area contributed by atoms with Gasteiger partial charge in [-0.2, -0.15) is 0 Å². The molecule has 1 aliphatic heterocycles. The Bertz CT molecular complexity index is 731. The predicted molar refractivity (Wildman–Crippen MR) is 76.2 cm³/mol. The topological polar surface area (TPSA) is 54.5 Å². The molecule has 3 rings (SSSR count). The fourth-order valence-electron chi connectivity index (χ4n) is 2.26. The van der Waals surface area contributed by atoms with Crippen LogP contribution >= 0.6 is 11.3 Å². The molecule has 0 fully saturated rings. The first-order chi connectivity index (χ1) is 9.56. The number of anilines is 1. The predicted octanol–water partition coefficient (Wildman–Crippen LogP) is 2.62. The molecule has 106 valence electrons. The molecule has 21 heavy (non-hydrogen) atoms. The summed E-state index contributed by atoms with van der Waals surface area (Å²) in [5, 5.41) is 0.362. The molecule has 6 heteroatoms. The summed E-state index contributed by atoms with van der Waals surface area (Å²) < 4.78 is 0. The largest absolute Gasteiger partial charge is 0.376 e. The number of aryl methyl sites for hydroxylation is 1. The Labute approximate surface area is 140 Å². The van der Waals surface area contributed by atoms with E-state index in [-0.39, 0.29) is 32.9 Å². The van der Waals surface area contributed by atoms with Crippen molar-refractivity contribution in [2.45, 2.75) is 13.8 Å². The summed E-state index contributed by atoms with van der Waals surface area (Å²) in [6, 6.07) is 6.66. The first kappa shape index (κ1) is 15.8. The Balaban J connectivity index is 0.00000161. The Kier molecular flexibility index (Phi) is 4.26. The monoisotopic (exact) mass is 468 g/mol. The number of carbonyl (C=O) groups excluding carboxylic acids is 3. The van der Waals surface area contributed by atoms with Gasteiger partial charge in [-0.25, -0.2) is 11.3 Å². The Morgan fingerprint density at radius 3 is 2.05 bits per heavy atom. The van der Waals surface area contributed by atoms with Gasteiger partial charge in [0.1, 0.15) is 0 Å². The van der Waals surface area contributed by atoms with Crippen LogP contribution in [0.5, 0.6) is 0 Å². The van der Waals surface area contributed by atoms with E-state index < -0.39 is 0 Å². The van der Waals surface area contributed by atoms with Crippen molar-refractivity contribution < 1.29 is 35.4 Å². The van der Waals surface area contributed by atoms with Crippen LogP contribution in [0.2, 0.25) is 0 Å². The van der Waals surface area contributed by atoms with Gasteiger partial charge in [0.25, 0.3) is 11.8 Å². The minimum atomic E-state index is -0.386. The maximum Gasteiger partial charge on any atom is 0.255 e. The number of fused-ring (bicyclic) bond motifs is 1. The molecule has 0 saturated heterocycles. The fourth-order valence-corrected chi connectivity index (χ4v) is 3.36. The van der Waals surface area contributed by atoms with Crippen LogP contribution in [0, 0.1) is 13.8 Å². The molecule has 1 aliphatic rings. The van der Waals surface area contributed by atoms with E-state index in [9.17, 15) is 14.4 Å². The zero-order valence-electron chi connectivity index (χ0n) is 11.3. The SMILES string of the molecule is Cc1sc(N2C(=O)c3ccccc3C2=O)c([C-]=O)c1C.[W]. The molecule has 2 aromatic rings. The van der Waals surface area contributed by atoms with Crippen LogP contribution in [0.4, 0.5) is 5.00 Å². The number of imide groups is 1. The molecule has 1 aromatic heterocycles. The number of carbonyl (C=O) groups is 2. The summed E-state index contributed by atoms with van der Waals surface area (Å²) in [5.74, 6) is -0.772. The van der Waals surface area contributed by atoms with Crippen molar-refractivity contribution in [2.75, 3.05) is 4.90 Å². The van der Waals surface area contributed by atoms with E-state index in [1.54, 1.807) is 31.2 Å². The van der Waals surface area contributed by atoms with Crippen molar-refractivity contribution in [3.63, 3.8) is 0 Å². The van der Waals surface area contributed by atoms with Gasteiger partial charge in [-0.15, -0.1) is 11.1 Å². The van der Waals surface area contributed by atoms with Crippen LogP contribution in [-0.2, 0) is 25.9 Å². The summed E-state index contributed by atoms with van der Waals surface area (Å²) in [5.41, 5.74) is 1.80. The minimum Gasteiger partial charge on any atom is -0.376 e. The molecular formula is C15H10NO3SW-. The van der Waals surface area contributed by atoms with Gasteiger partial charge < -0.3 is 4.79 Å². The van der Waals surface area contributed by atoms with Crippen molar-refractivity contribution in [2.24, 2.45) is 0 Å². The standard InChI is InChI=1S/C15H10NO3S.W/c1-8-9(2)20-15(12(8)7-17)16-13(18)10-5-3-4-6-11(10)14(16)19;/h3-6H,1-2H3;/q-1;. The molecule has 0 radical (unpaired) electrons. The summed E-state index contributed by atoms with van der Waals surface area (Å²) in [4.78, 5) is 37.9. The maximum absolute atomic E-state index is 12.4. The third kappa shape index (κ3) is 2.21. The molecule has 0 saturated carbocycles. The molecule has 1 aromatic carbocycles.